The van der Waals surface area contributed by atoms with Crippen molar-refractivity contribution < 1.29 is 19.1 Å². The summed E-state index contributed by atoms with van der Waals surface area (Å²) in [6.07, 6.45) is 4.19. The molecule has 0 N–H and O–H groups in total. The molecule has 0 radical (unpaired) electrons. The number of fused-ring (bicyclic) bond motifs is 1. The average Bonchev–Trinajstić information content (AvgIpc) is 3.21. The third kappa shape index (κ3) is 2.30. The molecule has 2 aliphatic carbocycles. The van der Waals surface area contributed by atoms with Crippen molar-refractivity contribution in [1.29, 1.82) is 0 Å². The summed E-state index contributed by atoms with van der Waals surface area (Å²) in [5, 5.41) is 0. The van der Waals surface area contributed by atoms with E-state index in [4.69, 9.17) is 4.74 Å². The molecule has 1 aromatic heterocycles. The maximum Gasteiger partial charge on any atom is 0.339 e. The number of ether oxygens (including phenoxy) is 1. The van der Waals surface area contributed by atoms with Crippen molar-refractivity contribution in [2.24, 2.45) is 5.92 Å². The molecule has 0 amide bonds. The molecule has 0 atom stereocenters. The third-order valence-corrected chi connectivity index (χ3v) is 5.19. The summed E-state index contributed by atoms with van der Waals surface area (Å²) in [4.78, 5) is 37.4. The number of rotatable bonds is 4. The Balaban J connectivity index is 2.00. The first-order valence-corrected chi connectivity index (χ1v) is 7.72. The van der Waals surface area contributed by atoms with Crippen molar-refractivity contribution in [3.05, 3.63) is 20.9 Å². The van der Waals surface area contributed by atoms with E-state index in [-0.39, 0.29) is 23.9 Å². The number of carbonyl (C=O) groups excluding carboxylic acids is 3. The molecule has 5 heteroatoms. The third-order valence-electron chi connectivity index (χ3n) is 3.92. The number of hydrogen-bond acceptors (Lipinski definition) is 5. The largest absolute Gasteiger partial charge is 0.465 e. The fourth-order valence-corrected chi connectivity index (χ4v) is 4.00. The first-order valence-electron chi connectivity index (χ1n) is 6.90. The highest BCUT2D eigenvalue weighted by Crippen LogP contribution is 2.37. The van der Waals surface area contributed by atoms with Crippen LogP contribution in [0.3, 0.4) is 0 Å². The molecule has 0 aliphatic heterocycles. The molecule has 3 rings (SSSR count). The Hall–Kier alpha value is -1.49. The quantitative estimate of drug-likeness (QED) is 0.800. The Bertz CT molecular complexity index is 595. The monoisotopic (exact) mass is 292 g/mol. The average molecular weight is 292 g/mol. The van der Waals surface area contributed by atoms with Crippen molar-refractivity contribution in [1.82, 2.24) is 0 Å². The van der Waals surface area contributed by atoms with Crippen LogP contribution in [-0.4, -0.2) is 24.6 Å². The lowest BCUT2D eigenvalue weighted by molar-refractivity contribution is -0.119. The van der Waals surface area contributed by atoms with Gasteiger partial charge >= 0.3 is 5.97 Å². The zero-order valence-electron chi connectivity index (χ0n) is 11.4. The summed E-state index contributed by atoms with van der Waals surface area (Å²) in [6.45, 7) is 0. The number of ketones is 2. The predicted octanol–water partition coefficient (Wildman–Crippen LogP) is 2.58. The topological polar surface area (TPSA) is 60.4 Å². The lowest BCUT2D eigenvalue weighted by atomic mass is 9.93. The second kappa shape index (κ2) is 5.13. The summed E-state index contributed by atoms with van der Waals surface area (Å²) in [7, 11) is 1.34. The van der Waals surface area contributed by atoms with Crippen LogP contribution in [0.1, 0.15) is 56.2 Å². The van der Waals surface area contributed by atoms with Gasteiger partial charge in [0.2, 0.25) is 0 Å². The summed E-state index contributed by atoms with van der Waals surface area (Å²) in [6, 6.07) is 0. The van der Waals surface area contributed by atoms with Crippen molar-refractivity contribution >= 4 is 28.9 Å². The van der Waals surface area contributed by atoms with Gasteiger partial charge in [0.15, 0.2) is 5.78 Å². The van der Waals surface area contributed by atoms with Gasteiger partial charge in [-0.05, 0) is 31.2 Å². The highest BCUT2D eigenvalue weighted by atomic mass is 32.1. The highest BCUT2D eigenvalue weighted by Gasteiger charge is 2.34. The molecule has 0 aromatic carbocycles. The maximum atomic E-state index is 12.0. The standard InChI is InChI=1S/C15H16O4S/c1-19-15(18)13-9-3-2-4-10(16)14(9)20-12(13)7-11(17)8-5-6-8/h8H,2-7H2,1H3. The number of esters is 1. The fraction of sp³-hybridized carbons (Fsp3) is 0.533. The van der Waals surface area contributed by atoms with Crippen LogP contribution >= 0.6 is 11.3 Å². The number of Topliss-reactive ketones (excluding diaryl/α,β-unsaturated/α-hetero) is 2. The van der Waals surface area contributed by atoms with E-state index >= 15 is 0 Å². The van der Waals surface area contributed by atoms with E-state index in [2.05, 4.69) is 0 Å². The van der Waals surface area contributed by atoms with E-state index < -0.39 is 5.97 Å². The van der Waals surface area contributed by atoms with Crippen LogP contribution in [0.15, 0.2) is 0 Å². The molecule has 0 bridgehead atoms. The summed E-state index contributed by atoms with van der Waals surface area (Å²) >= 11 is 1.32. The summed E-state index contributed by atoms with van der Waals surface area (Å²) < 4.78 is 4.84. The fourth-order valence-electron chi connectivity index (χ4n) is 2.69. The van der Waals surface area contributed by atoms with E-state index in [0.29, 0.717) is 21.7 Å². The van der Waals surface area contributed by atoms with Crippen LogP contribution in [0.4, 0.5) is 0 Å². The second-order valence-electron chi connectivity index (χ2n) is 5.39. The predicted molar refractivity (Wildman–Crippen MR) is 74.4 cm³/mol. The van der Waals surface area contributed by atoms with Crippen LogP contribution in [0.25, 0.3) is 0 Å². The Kier molecular flexibility index (Phi) is 3.46. The molecule has 1 saturated carbocycles. The molecule has 0 spiro atoms. The van der Waals surface area contributed by atoms with E-state index in [9.17, 15) is 14.4 Å². The van der Waals surface area contributed by atoms with E-state index in [1.807, 2.05) is 0 Å². The Morgan fingerprint density at radius 3 is 2.70 bits per heavy atom. The minimum atomic E-state index is -0.421. The lowest BCUT2D eigenvalue weighted by Gasteiger charge is -2.11. The molecule has 1 heterocycles. The molecular weight excluding hydrogens is 276 g/mol. The molecule has 20 heavy (non-hydrogen) atoms. The van der Waals surface area contributed by atoms with Crippen LogP contribution in [0.5, 0.6) is 0 Å². The van der Waals surface area contributed by atoms with E-state index in [1.54, 1.807) is 0 Å². The van der Waals surface area contributed by atoms with Crippen molar-refractivity contribution in [2.75, 3.05) is 7.11 Å². The zero-order valence-corrected chi connectivity index (χ0v) is 12.2. The molecule has 2 aliphatic rings. The molecule has 1 aromatic rings. The van der Waals surface area contributed by atoms with Crippen molar-refractivity contribution in [3.63, 3.8) is 0 Å². The molecule has 0 saturated heterocycles. The first kappa shape index (κ1) is 13.5. The summed E-state index contributed by atoms with van der Waals surface area (Å²) in [5.74, 6) is 0.0128. The Morgan fingerprint density at radius 2 is 2.05 bits per heavy atom. The smallest absolute Gasteiger partial charge is 0.339 e. The van der Waals surface area contributed by atoms with Crippen LogP contribution < -0.4 is 0 Å². The zero-order chi connectivity index (χ0) is 14.3. The molecule has 1 fully saturated rings. The van der Waals surface area contributed by atoms with Gasteiger partial charge in [0.1, 0.15) is 5.78 Å². The highest BCUT2D eigenvalue weighted by molar-refractivity contribution is 7.14. The number of hydrogen-bond donors (Lipinski definition) is 0. The van der Waals surface area contributed by atoms with Gasteiger partial charge in [0.05, 0.1) is 17.6 Å². The van der Waals surface area contributed by atoms with Gasteiger partial charge in [0, 0.05) is 23.6 Å². The van der Waals surface area contributed by atoms with Gasteiger partial charge in [-0.15, -0.1) is 11.3 Å². The Morgan fingerprint density at radius 1 is 1.30 bits per heavy atom. The Labute approximate surface area is 121 Å². The minimum absolute atomic E-state index is 0.0894. The van der Waals surface area contributed by atoms with Gasteiger partial charge in [-0.1, -0.05) is 0 Å². The van der Waals surface area contributed by atoms with Crippen LogP contribution in [0, 0.1) is 5.92 Å². The normalized spacial score (nSPS) is 17.8. The summed E-state index contributed by atoms with van der Waals surface area (Å²) in [5.41, 5.74) is 1.28. The second-order valence-corrected chi connectivity index (χ2v) is 6.50. The van der Waals surface area contributed by atoms with Gasteiger partial charge in [0.25, 0.3) is 0 Å². The molecule has 0 unspecified atom stereocenters. The van der Waals surface area contributed by atoms with Crippen molar-refractivity contribution in [2.45, 2.75) is 38.5 Å². The molecule has 106 valence electrons. The maximum absolute atomic E-state index is 12.0. The number of methoxy groups -OCH3 is 1. The van der Waals surface area contributed by atoms with E-state index in [1.165, 1.54) is 18.4 Å². The van der Waals surface area contributed by atoms with Gasteiger partial charge < -0.3 is 4.74 Å². The molecule has 4 nitrogen and oxygen atoms in total. The SMILES string of the molecule is COC(=O)c1c(CC(=O)C2CC2)sc2c1CCCC2=O. The first-order chi connectivity index (χ1) is 9.61. The lowest BCUT2D eigenvalue weighted by Crippen LogP contribution is -2.13. The number of thiophene rings is 1. The van der Waals surface area contributed by atoms with Gasteiger partial charge in [-0.3, -0.25) is 9.59 Å². The van der Waals surface area contributed by atoms with Crippen LogP contribution in [-0.2, 0) is 22.4 Å². The van der Waals surface area contributed by atoms with Crippen LogP contribution in [0.2, 0.25) is 0 Å². The minimum Gasteiger partial charge on any atom is -0.465 e. The van der Waals surface area contributed by atoms with Gasteiger partial charge in [-0.25, -0.2) is 4.79 Å². The number of carbonyl (C=O) groups is 3. The van der Waals surface area contributed by atoms with Gasteiger partial charge in [-0.2, -0.15) is 0 Å². The molecular formula is C15H16O4S. The van der Waals surface area contributed by atoms with Crippen molar-refractivity contribution in [3.8, 4) is 0 Å². The van der Waals surface area contributed by atoms with E-state index in [0.717, 1.165) is 31.2 Å².